The zero-order valence-electron chi connectivity index (χ0n) is 19.5. The molecule has 0 aliphatic carbocycles. The molecule has 1 heterocycles. The molecule has 0 saturated carbocycles. The van der Waals surface area contributed by atoms with Gasteiger partial charge in [0.2, 0.25) is 0 Å². The van der Waals surface area contributed by atoms with Crippen molar-refractivity contribution < 1.29 is 47.2 Å². The Bertz CT molecular complexity index is 451. The summed E-state index contributed by atoms with van der Waals surface area (Å²) >= 11 is 0. The number of methoxy groups -OCH3 is 3. The predicted octanol–water partition coefficient (Wildman–Crippen LogP) is 2.89. The van der Waals surface area contributed by atoms with Gasteiger partial charge in [0, 0.05) is 27.8 Å². The van der Waals surface area contributed by atoms with Crippen molar-refractivity contribution >= 4 is 13.9 Å². The summed E-state index contributed by atoms with van der Waals surface area (Å²) in [5, 5.41) is 0. The Kier molecular flexibility index (Phi) is 15.2. The first-order valence-corrected chi connectivity index (χ1v) is 11.7. The molecule has 0 spiro atoms. The Hall–Kier alpha value is -0.420. The third kappa shape index (κ3) is 10.7. The highest BCUT2D eigenvalue weighted by Gasteiger charge is 2.57. The van der Waals surface area contributed by atoms with E-state index in [0.717, 1.165) is 12.8 Å². The molecule has 1 aliphatic heterocycles. The predicted molar refractivity (Wildman–Crippen MR) is 112 cm³/mol. The lowest BCUT2D eigenvalue weighted by Gasteiger charge is -2.24. The lowest BCUT2D eigenvalue weighted by atomic mass is 10.2. The number of hydrogen-bond acceptors (Lipinski definition) is 10. The van der Waals surface area contributed by atoms with Gasteiger partial charge in [0.05, 0.1) is 32.5 Å². The molecule has 3 atom stereocenters. The van der Waals surface area contributed by atoms with Crippen LogP contribution in [0.5, 0.6) is 0 Å². The highest BCUT2D eigenvalue weighted by atomic mass is 31.2. The number of ether oxygens (including phenoxy) is 6. The largest absolute Gasteiger partial charge is 0.461 e. The molecule has 11 heteroatoms. The second-order valence-corrected chi connectivity index (χ2v) is 8.76. The molecule has 1 fully saturated rings. The molecule has 1 N–H and O–H groups in total. The van der Waals surface area contributed by atoms with Crippen molar-refractivity contribution in [3.8, 4) is 0 Å². The van der Waals surface area contributed by atoms with Crippen LogP contribution in [0.25, 0.3) is 0 Å². The van der Waals surface area contributed by atoms with Crippen LogP contribution in [0.2, 0.25) is 0 Å². The molecule has 0 aromatic carbocycles. The lowest BCUT2D eigenvalue weighted by molar-refractivity contribution is -0.178. The maximum atomic E-state index is 12.2. The Morgan fingerprint density at radius 3 is 2.00 bits per heavy atom. The van der Waals surface area contributed by atoms with Gasteiger partial charge in [-0.1, -0.05) is 0 Å². The molecule has 1 aliphatic rings. The fourth-order valence-electron chi connectivity index (χ4n) is 2.30. The molecular weight excluding hydrogens is 419 g/mol. The Balaban J connectivity index is 0.00000103. The second-order valence-electron chi connectivity index (χ2n) is 6.65. The number of carbonyl (C=O) groups excluding carboxylic acids is 1. The van der Waals surface area contributed by atoms with E-state index in [9.17, 15) is 9.69 Å². The zero-order valence-corrected chi connectivity index (χ0v) is 20.4. The highest BCUT2D eigenvalue weighted by molar-refractivity contribution is 7.62. The van der Waals surface area contributed by atoms with E-state index >= 15 is 0 Å². The molecule has 1 saturated heterocycles. The van der Waals surface area contributed by atoms with Crippen molar-refractivity contribution in [2.45, 2.75) is 71.5 Å². The standard InChI is InChI=1S/C14H28O8P.C5H12O2/c1-5-18-13(15)14(23(16,20-6-2)21-7-3)19-10-11-8-9-12(17-4)22-11;1-5(2,6-3)7-4/h11-12,14,16H,5-10H2,1-4H3;1-4H3/q+1;. The van der Waals surface area contributed by atoms with Gasteiger partial charge in [0.15, 0.2) is 12.1 Å². The molecule has 180 valence electrons. The lowest BCUT2D eigenvalue weighted by Crippen LogP contribution is -2.34. The van der Waals surface area contributed by atoms with Gasteiger partial charge in [0.1, 0.15) is 0 Å². The summed E-state index contributed by atoms with van der Waals surface area (Å²) in [6.07, 6.45) is 1.02. The third-order valence-corrected chi connectivity index (χ3v) is 6.38. The summed E-state index contributed by atoms with van der Waals surface area (Å²) in [6, 6.07) is 0. The molecule has 0 bridgehead atoms. The number of carbonyl (C=O) groups is 1. The minimum atomic E-state index is -3.53. The average molecular weight is 459 g/mol. The Labute approximate surface area is 181 Å². The molecule has 0 radical (unpaired) electrons. The van der Waals surface area contributed by atoms with E-state index in [-0.39, 0.29) is 38.8 Å². The third-order valence-electron chi connectivity index (χ3n) is 4.17. The van der Waals surface area contributed by atoms with Crippen LogP contribution in [0.3, 0.4) is 0 Å². The topological polar surface area (TPSA) is 111 Å². The van der Waals surface area contributed by atoms with Gasteiger partial charge in [-0.2, -0.15) is 13.9 Å². The van der Waals surface area contributed by atoms with Gasteiger partial charge < -0.3 is 28.4 Å². The maximum Gasteiger partial charge on any atom is 0.452 e. The fraction of sp³-hybridized carbons (Fsp3) is 0.947. The summed E-state index contributed by atoms with van der Waals surface area (Å²) in [4.78, 5) is 22.8. The van der Waals surface area contributed by atoms with Crippen LogP contribution in [-0.2, 0) is 42.3 Å². The fourth-order valence-corrected chi connectivity index (χ4v) is 4.00. The molecule has 10 nitrogen and oxygen atoms in total. The molecular formula is C19H40O10P+. The molecule has 1 rings (SSSR count). The summed E-state index contributed by atoms with van der Waals surface area (Å²) in [5.41, 5.74) is 0. The zero-order chi connectivity index (χ0) is 23.2. The molecule has 0 aromatic heterocycles. The van der Waals surface area contributed by atoms with Gasteiger partial charge in [-0.3, -0.25) is 0 Å². The van der Waals surface area contributed by atoms with E-state index in [2.05, 4.69) is 0 Å². The van der Waals surface area contributed by atoms with Crippen LogP contribution in [0, 0.1) is 0 Å². The number of hydrogen-bond donors (Lipinski definition) is 1. The molecule has 30 heavy (non-hydrogen) atoms. The monoisotopic (exact) mass is 459 g/mol. The van der Waals surface area contributed by atoms with Gasteiger partial charge in [0.25, 0.3) is 0 Å². The van der Waals surface area contributed by atoms with Crippen LogP contribution in [0.1, 0.15) is 47.5 Å². The number of rotatable bonds is 13. The highest BCUT2D eigenvalue weighted by Crippen LogP contribution is 2.62. The summed E-state index contributed by atoms with van der Waals surface area (Å²) in [5.74, 6) is -2.43. The van der Waals surface area contributed by atoms with Crippen LogP contribution in [0.4, 0.5) is 0 Å². The number of esters is 1. The Morgan fingerprint density at radius 2 is 1.63 bits per heavy atom. The Morgan fingerprint density at radius 1 is 1.07 bits per heavy atom. The molecule has 3 unspecified atom stereocenters. The minimum Gasteiger partial charge on any atom is -0.461 e. The van der Waals surface area contributed by atoms with Crippen molar-refractivity contribution in [3.05, 3.63) is 0 Å². The van der Waals surface area contributed by atoms with Crippen LogP contribution in [0.15, 0.2) is 0 Å². The summed E-state index contributed by atoms with van der Waals surface area (Å²) in [7, 11) is 1.27. The minimum absolute atomic E-state index is 0.117. The van der Waals surface area contributed by atoms with E-state index in [1.54, 1.807) is 42.1 Å². The van der Waals surface area contributed by atoms with Gasteiger partial charge in [-0.25, -0.2) is 4.79 Å². The summed E-state index contributed by atoms with van der Waals surface area (Å²) < 4.78 is 41.6. The van der Waals surface area contributed by atoms with E-state index < -0.39 is 25.5 Å². The van der Waals surface area contributed by atoms with Crippen molar-refractivity contribution in [1.82, 2.24) is 0 Å². The second kappa shape index (κ2) is 15.4. The normalized spacial score (nSPS) is 20.4. The van der Waals surface area contributed by atoms with Gasteiger partial charge in [-0.05, 0) is 41.0 Å². The van der Waals surface area contributed by atoms with Gasteiger partial charge >= 0.3 is 19.8 Å². The van der Waals surface area contributed by atoms with Crippen LogP contribution in [-0.4, -0.2) is 82.6 Å². The van der Waals surface area contributed by atoms with Crippen molar-refractivity contribution in [1.29, 1.82) is 0 Å². The van der Waals surface area contributed by atoms with E-state index in [0.29, 0.717) is 0 Å². The first-order chi connectivity index (χ1) is 14.1. The van der Waals surface area contributed by atoms with Crippen molar-refractivity contribution in [2.75, 3.05) is 47.8 Å². The SMILES string of the molecule is CCOC(=O)C(OCC1CCC(OC)O1)[P+](O)(OCC)OCC.COC(C)(C)OC. The quantitative estimate of drug-likeness (QED) is 0.251. The molecule has 0 aromatic rings. The van der Waals surface area contributed by atoms with E-state index in [1.807, 2.05) is 13.8 Å². The van der Waals surface area contributed by atoms with Crippen molar-refractivity contribution in [3.63, 3.8) is 0 Å². The molecule has 0 amide bonds. The maximum absolute atomic E-state index is 12.2. The van der Waals surface area contributed by atoms with Gasteiger partial charge in [-0.15, -0.1) is 0 Å². The van der Waals surface area contributed by atoms with E-state index in [1.165, 1.54) is 0 Å². The first kappa shape index (κ1) is 29.6. The summed E-state index contributed by atoms with van der Waals surface area (Å²) in [6.45, 7) is 9.46. The van der Waals surface area contributed by atoms with Crippen LogP contribution < -0.4 is 0 Å². The van der Waals surface area contributed by atoms with Crippen molar-refractivity contribution in [2.24, 2.45) is 0 Å². The van der Waals surface area contributed by atoms with Crippen LogP contribution >= 0.6 is 7.94 Å². The first-order valence-electron chi connectivity index (χ1n) is 10.1. The van der Waals surface area contributed by atoms with E-state index in [4.69, 9.17) is 37.5 Å². The average Bonchev–Trinajstić information content (AvgIpc) is 3.17. The smallest absolute Gasteiger partial charge is 0.452 e.